The number of amides is 3. The molecule has 0 aliphatic carbocycles. The van der Waals surface area contributed by atoms with Gasteiger partial charge in [0, 0.05) is 49.8 Å². The van der Waals surface area contributed by atoms with Gasteiger partial charge < -0.3 is 29.3 Å². The fourth-order valence-electron chi connectivity index (χ4n) is 8.58. The van der Waals surface area contributed by atoms with Crippen LogP contribution < -0.4 is 19.7 Å². The Morgan fingerprint density at radius 2 is 1.84 bits per heavy atom. The summed E-state index contributed by atoms with van der Waals surface area (Å²) in [6.07, 6.45) is 3.48. The van der Waals surface area contributed by atoms with E-state index in [1.807, 2.05) is 65.6 Å². The Bertz CT molecular complexity index is 1730. The maximum atomic E-state index is 14.9. The van der Waals surface area contributed by atoms with Crippen LogP contribution in [0.2, 0.25) is 18.6 Å². The molecule has 0 unspecified atom stereocenters. The van der Waals surface area contributed by atoms with Gasteiger partial charge in [0.1, 0.15) is 5.75 Å². The normalized spacial score (nSPS) is 23.3. The standard InChI is InChI=1S/C40H49N3O6Si/c1-6-21-43-34-20-15-30(42-22-11-10-14-36(42)45)25-33(34)40(39(43)47)28(2)38(50(4,5)32-18-16-31(48-3)17-19-32)35(49-40)26-37(46)41(23-24-44)27-29-12-8-7-9-13-29/h6-9,12-13,15-20,25,28,35,38,44H,1,10-11,14,21-24,26-27H2,2-5H3/t28-,35+,38-,40+/m1/s1. The molecule has 3 amide bonds. The summed E-state index contributed by atoms with van der Waals surface area (Å²) in [6, 6.07) is 23.7. The summed E-state index contributed by atoms with van der Waals surface area (Å²) in [6.45, 7) is 11.9. The lowest BCUT2D eigenvalue weighted by molar-refractivity contribution is -0.149. The van der Waals surface area contributed by atoms with Crippen LogP contribution in [0.25, 0.3) is 0 Å². The number of piperidine rings is 1. The van der Waals surface area contributed by atoms with Gasteiger partial charge in [-0.2, -0.15) is 0 Å². The fourth-order valence-corrected chi connectivity index (χ4v) is 12.6. The van der Waals surface area contributed by atoms with Crippen LogP contribution in [0.4, 0.5) is 11.4 Å². The van der Waals surface area contributed by atoms with Crippen LogP contribution in [0.5, 0.6) is 5.75 Å². The quantitative estimate of drug-likeness (QED) is 0.202. The van der Waals surface area contributed by atoms with E-state index in [9.17, 15) is 19.5 Å². The molecule has 1 N–H and O–H groups in total. The van der Waals surface area contributed by atoms with Crippen molar-refractivity contribution < 1.29 is 29.0 Å². The number of anilines is 2. The van der Waals surface area contributed by atoms with Crippen molar-refractivity contribution in [2.75, 3.05) is 43.2 Å². The number of hydrogen-bond acceptors (Lipinski definition) is 6. The summed E-state index contributed by atoms with van der Waals surface area (Å²) in [4.78, 5) is 47.4. The van der Waals surface area contributed by atoms with Crippen LogP contribution in [-0.4, -0.2) is 75.3 Å². The van der Waals surface area contributed by atoms with Gasteiger partial charge in [-0.1, -0.05) is 73.7 Å². The fraction of sp³-hybridized carbons (Fsp3) is 0.425. The first-order chi connectivity index (χ1) is 24.1. The Morgan fingerprint density at radius 1 is 1.10 bits per heavy atom. The second-order valence-electron chi connectivity index (χ2n) is 14.3. The van der Waals surface area contributed by atoms with E-state index in [4.69, 9.17) is 9.47 Å². The predicted octanol–water partition coefficient (Wildman–Crippen LogP) is 5.37. The van der Waals surface area contributed by atoms with E-state index in [0.717, 1.165) is 41.1 Å². The molecule has 10 heteroatoms. The van der Waals surface area contributed by atoms with Gasteiger partial charge in [0.15, 0.2) is 5.60 Å². The van der Waals surface area contributed by atoms with Crippen molar-refractivity contribution in [2.45, 2.75) is 69.5 Å². The molecule has 0 saturated carbocycles. The Kier molecular flexibility index (Phi) is 10.3. The molecule has 9 nitrogen and oxygen atoms in total. The van der Waals surface area contributed by atoms with Crippen molar-refractivity contribution >= 4 is 42.4 Å². The number of aliphatic hydroxyl groups is 1. The van der Waals surface area contributed by atoms with Gasteiger partial charge >= 0.3 is 0 Å². The van der Waals surface area contributed by atoms with Gasteiger partial charge in [-0.15, -0.1) is 6.58 Å². The molecule has 3 aromatic carbocycles. The second-order valence-corrected chi connectivity index (χ2v) is 19.0. The van der Waals surface area contributed by atoms with E-state index in [2.05, 4.69) is 38.7 Å². The molecule has 3 heterocycles. The smallest absolute Gasteiger partial charge is 0.264 e. The highest BCUT2D eigenvalue weighted by Gasteiger charge is 2.66. The maximum Gasteiger partial charge on any atom is 0.264 e. The summed E-state index contributed by atoms with van der Waals surface area (Å²) >= 11 is 0. The average molecular weight is 696 g/mol. The molecule has 3 aliphatic rings. The molecule has 0 radical (unpaired) electrons. The highest BCUT2D eigenvalue weighted by molar-refractivity contribution is 6.91. The minimum Gasteiger partial charge on any atom is -0.497 e. The minimum absolute atomic E-state index is 0.0601. The summed E-state index contributed by atoms with van der Waals surface area (Å²) in [5.74, 6) is 0.228. The van der Waals surface area contributed by atoms with E-state index in [1.54, 1.807) is 23.0 Å². The van der Waals surface area contributed by atoms with Gasteiger partial charge in [-0.25, -0.2) is 0 Å². The molecule has 2 fully saturated rings. The Morgan fingerprint density at radius 3 is 2.50 bits per heavy atom. The highest BCUT2D eigenvalue weighted by atomic mass is 28.3. The zero-order valence-electron chi connectivity index (χ0n) is 29.6. The van der Waals surface area contributed by atoms with Crippen LogP contribution in [0.3, 0.4) is 0 Å². The topological polar surface area (TPSA) is 99.6 Å². The first kappa shape index (κ1) is 35.6. The largest absolute Gasteiger partial charge is 0.497 e. The third-order valence-electron chi connectivity index (χ3n) is 11.1. The Labute approximate surface area is 296 Å². The van der Waals surface area contributed by atoms with Crippen molar-refractivity contribution in [3.63, 3.8) is 0 Å². The summed E-state index contributed by atoms with van der Waals surface area (Å²) in [7, 11) is -0.854. The molecule has 264 valence electrons. The van der Waals surface area contributed by atoms with Crippen molar-refractivity contribution in [1.29, 1.82) is 0 Å². The number of carbonyl (C=O) groups excluding carboxylic acids is 3. The summed E-state index contributed by atoms with van der Waals surface area (Å²) < 4.78 is 12.7. The SMILES string of the molecule is C=CCN1C(=O)[C@@]2(O[C@@H](CC(=O)N(CCO)Cc3ccccc3)[C@H]([Si](C)(C)c3ccc(OC)cc3)[C@H]2C)c2cc(N3CCCCC3=O)ccc21. The average Bonchev–Trinajstić information content (AvgIpc) is 3.54. The zero-order chi connectivity index (χ0) is 35.6. The van der Waals surface area contributed by atoms with Crippen molar-refractivity contribution in [2.24, 2.45) is 5.92 Å². The Hall–Kier alpha value is -4.25. The lowest BCUT2D eigenvalue weighted by Crippen LogP contribution is -2.52. The summed E-state index contributed by atoms with van der Waals surface area (Å²) in [5, 5.41) is 11.1. The van der Waals surface area contributed by atoms with Gasteiger partial charge in [-0.05, 0) is 54.3 Å². The Balaban J connectivity index is 1.45. The number of ether oxygens (including phenoxy) is 2. The lowest BCUT2D eigenvalue weighted by atomic mass is 9.82. The van der Waals surface area contributed by atoms with Crippen LogP contribution in [-0.2, 0) is 31.3 Å². The van der Waals surface area contributed by atoms with Crippen molar-refractivity contribution in [1.82, 2.24) is 4.90 Å². The number of fused-ring (bicyclic) bond motifs is 2. The number of rotatable bonds is 12. The predicted molar refractivity (Wildman–Crippen MR) is 198 cm³/mol. The molecule has 0 bridgehead atoms. The third kappa shape index (κ3) is 6.29. The monoisotopic (exact) mass is 695 g/mol. The van der Waals surface area contributed by atoms with Crippen molar-refractivity contribution in [3.05, 3.63) is 96.6 Å². The molecular formula is C40H49N3O6Si. The van der Waals surface area contributed by atoms with Crippen LogP contribution in [0, 0.1) is 5.92 Å². The molecule has 1 spiro atoms. The molecule has 2 saturated heterocycles. The van der Waals surface area contributed by atoms with E-state index in [0.29, 0.717) is 26.1 Å². The molecular weight excluding hydrogens is 647 g/mol. The first-order valence-corrected chi connectivity index (χ1v) is 20.8. The number of carbonyl (C=O) groups is 3. The van der Waals surface area contributed by atoms with E-state index < -0.39 is 19.8 Å². The van der Waals surface area contributed by atoms with E-state index >= 15 is 0 Å². The third-order valence-corrected chi connectivity index (χ3v) is 15.4. The van der Waals surface area contributed by atoms with Gasteiger partial charge in [0.2, 0.25) is 11.8 Å². The number of nitrogens with zero attached hydrogens (tertiary/aromatic N) is 3. The number of methoxy groups -OCH3 is 1. The molecule has 3 aromatic rings. The summed E-state index contributed by atoms with van der Waals surface area (Å²) in [5.41, 5.74) is 1.71. The van der Waals surface area contributed by atoms with Crippen LogP contribution in [0.15, 0.2) is 85.5 Å². The molecule has 3 aliphatic heterocycles. The van der Waals surface area contributed by atoms with Gasteiger partial charge in [-0.3, -0.25) is 14.4 Å². The zero-order valence-corrected chi connectivity index (χ0v) is 30.6. The number of hydrogen-bond donors (Lipinski definition) is 1. The van der Waals surface area contributed by atoms with E-state index in [1.165, 1.54) is 5.19 Å². The first-order valence-electron chi connectivity index (χ1n) is 17.7. The number of benzene rings is 3. The molecule has 4 atom stereocenters. The van der Waals surface area contributed by atoms with Crippen LogP contribution >= 0.6 is 0 Å². The maximum absolute atomic E-state index is 14.9. The second kappa shape index (κ2) is 14.5. The number of aliphatic hydroxyl groups excluding tert-OH is 1. The van der Waals surface area contributed by atoms with Crippen LogP contribution in [0.1, 0.15) is 43.7 Å². The van der Waals surface area contributed by atoms with Gasteiger partial charge in [0.05, 0.1) is 40.0 Å². The highest BCUT2D eigenvalue weighted by Crippen LogP contribution is 2.60. The van der Waals surface area contributed by atoms with Crippen molar-refractivity contribution in [3.8, 4) is 5.75 Å². The molecule has 6 rings (SSSR count). The van der Waals surface area contributed by atoms with E-state index in [-0.39, 0.29) is 48.8 Å². The lowest BCUT2D eigenvalue weighted by Gasteiger charge is -2.37. The van der Waals surface area contributed by atoms with Gasteiger partial charge in [0.25, 0.3) is 5.91 Å². The molecule has 0 aromatic heterocycles. The minimum atomic E-state index is -2.50. The molecule has 50 heavy (non-hydrogen) atoms.